The second-order valence-electron chi connectivity index (χ2n) is 3.34. The molecule has 94 valence electrons. The topological polar surface area (TPSA) is 87.7 Å². The van der Waals surface area contributed by atoms with Gasteiger partial charge in [0.1, 0.15) is 6.61 Å². The molecule has 6 heteroatoms. The summed E-state index contributed by atoms with van der Waals surface area (Å²) in [5, 5.41) is 13.5. The maximum atomic E-state index is 11.1. The molecule has 0 rings (SSSR count). The second kappa shape index (κ2) is 10.2. The standard InChI is InChI=1S/C10H20N2O4/c1-2-3-4-5-11-10(15)12-6-7-16-8-9(13)14/h2-8H2,1H3,(H,13,14)(H2,11,12,15). The fourth-order valence-corrected chi connectivity index (χ4v) is 1.04. The molecule has 0 bridgehead atoms. The van der Waals surface area contributed by atoms with E-state index in [0.29, 0.717) is 13.1 Å². The first-order valence-electron chi connectivity index (χ1n) is 5.48. The number of carboxylic acid groups (broad SMARTS) is 1. The van der Waals surface area contributed by atoms with E-state index in [-0.39, 0.29) is 19.2 Å². The van der Waals surface area contributed by atoms with Gasteiger partial charge in [0.25, 0.3) is 0 Å². The molecule has 0 aliphatic carbocycles. The van der Waals surface area contributed by atoms with Gasteiger partial charge in [-0.2, -0.15) is 0 Å². The average Bonchev–Trinajstić information content (AvgIpc) is 2.23. The van der Waals surface area contributed by atoms with Crippen molar-refractivity contribution in [1.29, 1.82) is 0 Å². The molecule has 0 heterocycles. The van der Waals surface area contributed by atoms with Gasteiger partial charge in [0.15, 0.2) is 0 Å². The highest BCUT2D eigenvalue weighted by Gasteiger charge is 1.99. The first kappa shape index (κ1) is 14.7. The molecule has 0 radical (unpaired) electrons. The smallest absolute Gasteiger partial charge is 0.329 e. The summed E-state index contributed by atoms with van der Waals surface area (Å²) in [6, 6.07) is -0.241. The highest BCUT2D eigenvalue weighted by molar-refractivity contribution is 5.73. The molecular weight excluding hydrogens is 212 g/mol. The lowest BCUT2D eigenvalue weighted by molar-refractivity contribution is -0.142. The average molecular weight is 232 g/mol. The van der Waals surface area contributed by atoms with Crippen molar-refractivity contribution in [2.45, 2.75) is 26.2 Å². The number of nitrogens with one attached hydrogen (secondary N) is 2. The molecule has 0 aliphatic rings. The third-order valence-electron chi connectivity index (χ3n) is 1.82. The number of carboxylic acids is 1. The highest BCUT2D eigenvalue weighted by atomic mass is 16.5. The Balaban J connectivity index is 3.20. The van der Waals surface area contributed by atoms with Crippen LogP contribution in [0.1, 0.15) is 26.2 Å². The number of rotatable bonds is 9. The number of unbranched alkanes of at least 4 members (excludes halogenated alkanes) is 2. The summed E-state index contributed by atoms with van der Waals surface area (Å²) < 4.78 is 4.75. The Morgan fingerprint density at radius 1 is 1.19 bits per heavy atom. The predicted molar refractivity (Wildman–Crippen MR) is 59.4 cm³/mol. The van der Waals surface area contributed by atoms with Crippen LogP contribution in [0, 0.1) is 0 Å². The molecule has 16 heavy (non-hydrogen) atoms. The van der Waals surface area contributed by atoms with Crippen LogP contribution in [0.25, 0.3) is 0 Å². The van der Waals surface area contributed by atoms with Crippen molar-refractivity contribution in [3.63, 3.8) is 0 Å². The molecule has 0 spiro atoms. The summed E-state index contributed by atoms with van der Waals surface area (Å²) in [5.74, 6) is -1.01. The van der Waals surface area contributed by atoms with Crippen LogP contribution in [0.5, 0.6) is 0 Å². The Kier molecular flexibility index (Phi) is 9.39. The monoisotopic (exact) mass is 232 g/mol. The SMILES string of the molecule is CCCCCNC(=O)NCCOCC(=O)O. The number of aliphatic carboxylic acids is 1. The molecular formula is C10H20N2O4. The molecule has 0 fully saturated rings. The van der Waals surface area contributed by atoms with Gasteiger partial charge in [-0.1, -0.05) is 19.8 Å². The molecule has 0 atom stereocenters. The van der Waals surface area contributed by atoms with Gasteiger partial charge in [-0.05, 0) is 6.42 Å². The van der Waals surface area contributed by atoms with Crippen LogP contribution in [0.4, 0.5) is 4.79 Å². The van der Waals surface area contributed by atoms with Gasteiger partial charge in [0.05, 0.1) is 6.61 Å². The number of amides is 2. The minimum atomic E-state index is -1.01. The minimum Gasteiger partial charge on any atom is -0.480 e. The normalized spacial score (nSPS) is 9.81. The highest BCUT2D eigenvalue weighted by Crippen LogP contribution is 1.90. The van der Waals surface area contributed by atoms with Crippen LogP contribution in [0.2, 0.25) is 0 Å². The van der Waals surface area contributed by atoms with Crippen LogP contribution >= 0.6 is 0 Å². The van der Waals surface area contributed by atoms with E-state index < -0.39 is 5.97 Å². The van der Waals surface area contributed by atoms with E-state index in [9.17, 15) is 9.59 Å². The van der Waals surface area contributed by atoms with E-state index in [2.05, 4.69) is 17.6 Å². The number of carbonyl (C=O) groups is 2. The van der Waals surface area contributed by atoms with Gasteiger partial charge in [-0.25, -0.2) is 9.59 Å². The van der Waals surface area contributed by atoms with Crippen molar-refractivity contribution < 1.29 is 19.4 Å². The second-order valence-corrected chi connectivity index (χ2v) is 3.34. The first-order chi connectivity index (χ1) is 7.66. The minimum absolute atomic E-state index is 0.203. The number of carbonyl (C=O) groups excluding carboxylic acids is 1. The van der Waals surface area contributed by atoms with E-state index in [4.69, 9.17) is 9.84 Å². The third-order valence-corrected chi connectivity index (χ3v) is 1.82. The number of hydrogen-bond acceptors (Lipinski definition) is 3. The Labute approximate surface area is 95.4 Å². The van der Waals surface area contributed by atoms with Crippen molar-refractivity contribution in [3.8, 4) is 0 Å². The van der Waals surface area contributed by atoms with E-state index in [1.165, 1.54) is 0 Å². The van der Waals surface area contributed by atoms with Gasteiger partial charge in [-0.15, -0.1) is 0 Å². The maximum absolute atomic E-state index is 11.1. The van der Waals surface area contributed by atoms with Crippen molar-refractivity contribution in [1.82, 2.24) is 10.6 Å². The van der Waals surface area contributed by atoms with Crippen LogP contribution in [0.3, 0.4) is 0 Å². The molecule has 0 unspecified atom stereocenters. The van der Waals surface area contributed by atoms with Crippen molar-refractivity contribution in [2.75, 3.05) is 26.3 Å². The van der Waals surface area contributed by atoms with Crippen molar-refractivity contribution in [2.24, 2.45) is 0 Å². The predicted octanol–water partition coefficient (Wildman–Crippen LogP) is 0.577. The van der Waals surface area contributed by atoms with E-state index in [0.717, 1.165) is 19.3 Å². The molecule has 0 aromatic rings. The third kappa shape index (κ3) is 10.8. The lowest BCUT2D eigenvalue weighted by Crippen LogP contribution is -2.37. The zero-order valence-corrected chi connectivity index (χ0v) is 9.62. The Hall–Kier alpha value is -1.30. The molecule has 0 aromatic heterocycles. The Bertz CT molecular complexity index is 209. The molecule has 0 saturated heterocycles. The molecule has 2 amide bonds. The fourth-order valence-electron chi connectivity index (χ4n) is 1.04. The lowest BCUT2D eigenvalue weighted by Gasteiger charge is -2.06. The summed E-state index contributed by atoms with van der Waals surface area (Å²) in [6.07, 6.45) is 3.19. The van der Waals surface area contributed by atoms with Gasteiger partial charge in [0, 0.05) is 13.1 Å². The van der Waals surface area contributed by atoms with Crippen molar-refractivity contribution >= 4 is 12.0 Å². The summed E-state index contributed by atoms with van der Waals surface area (Å²) in [5.41, 5.74) is 0. The first-order valence-corrected chi connectivity index (χ1v) is 5.48. The van der Waals surface area contributed by atoms with Crippen LogP contribution in [-0.4, -0.2) is 43.4 Å². The van der Waals surface area contributed by atoms with Gasteiger partial charge in [-0.3, -0.25) is 0 Å². The van der Waals surface area contributed by atoms with Gasteiger partial charge >= 0.3 is 12.0 Å². The molecule has 6 nitrogen and oxygen atoms in total. The molecule has 0 saturated carbocycles. The van der Waals surface area contributed by atoms with Crippen LogP contribution < -0.4 is 10.6 Å². The molecule has 0 aliphatic heterocycles. The summed E-state index contributed by atoms with van der Waals surface area (Å²) >= 11 is 0. The Morgan fingerprint density at radius 3 is 2.50 bits per heavy atom. The number of hydrogen-bond donors (Lipinski definition) is 3. The summed E-state index contributed by atoms with van der Waals surface area (Å²) in [4.78, 5) is 21.2. The van der Waals surface area contributed by atoms with Crippen LogP contribution in [0.15, 0.2) is 0 Å². The van der Waals surface area contributed by atoms with Gasteiger partial charge < -0.3 is 20.5 Å². The van der Waals surface area contributed by atoms with E-state index >= 15 is 0 Å². The molecule has 0 aromatic carbocycles. The van der Waals surface area contributed by atoms with Crippen molar-refractivity contribution in [3.05, 3.63) is 0 Å². The zero-order chi connectivity index (χ0) is 12.2. The van der Waals surface area contributed by atoms with E-state index in [1.54, 1.807) is 0 Å². The number of ether oxygens (including phenoxy) is 1. The van der Waals surface area contributed by atoms with Gasteiger partial charge in [0.2, 0.25) is 0 Å². The summed E-state index contributed by atoms with van der Waals surface area (Å²) in [7, 11) is 0. The molecule has 3 N–H and O–H groups in total. The van der Waals surface area contributed by atoms with E-state index in [1.807, 2.05) is 0 Å². The fraction of sp³-hybridized carbons (Fsp3) is 0.800. The summed E-state index contributed by atoms with van der Waals surface area (Å²) in [6.45, 7) is 2.94. The maximum Gasteiger partial charge on any atom is 0.329 e. The largest absolute Gasteiger partial charge is 0.480 e. The van der Waals surface area contributed by atoms with Crippen LogP contribution in [-0.2, 0) is 9.53 Å². The number of urea groups is 1. The zero-order valence-electron chi connectivity index (χ0n) is 9.62. The Morgan fingerprint density at radius 2 is 1.88 bits per heavy atom. The quantitative estimate of drug-likeness (QED) is 0.507. The lowest BCUT2D eigenvalue weighted by atomic mass is 10.2.